The van der Waals surface area contributed by atoms with E-state index in [-0.39, 0.29) is 12.4 Å². The summed E-state index contributed by atoms with van der Waals surface area (Å²) in [5.41, 5.74) is 2.14. The molecule has 3 heterocycles. The van der Waals surface area contributed by atoms with E-state index in [9.17, 15) is 9.50 Å². The Labute approximate surface area is 191 Å². The lowest BCUT2D eigenvalue weighted by molar-refractivity contribution is 0.0408. The summed E-state index contributed by atoms with van der Waals surface area (Å²) in [4.78, 5) is 6.94. The van der Waals surface area contributed by atoms with Crippen LogP contribution in [-0.2, 0) is 0 Å². The number of hydrogen-bond acceptors (Lipinski definition) is 4. The number of aliphatic hydroxyl groups excluding tert-OH is 1. The standard InChI is InChI=1S/C26H29FN2O2S/c1-16-11-21-23(28-16)6-4-7-24(21)31-15-19(30)14-29-10-9-18(12-17(29)2)26-13-20-22(27)5-3-8-25(20)32-26/h3-8,11,13,17-19,28,30H,9-10,12,14-15H2,1-2H3/t17-,18-,19-/m0/s1. The minimum absolute atomic E-state index is 0.135. The van der Waals surface area contributed by atoms with Crippen LogP contribution in [0.3, 0.4) is 0 Å². The predicted octanol–water partition coefficient (Wildman–Crippen LogP) is 5.84. The number of likely N-dealkylation sites (tertiary alicyclic amines) is 1. The van der Waals surface area contributed by atoms with E-state index in [0.717, 1.165) is 51.8 Å². The van der Waals surface area contributed by atoms with E-state index in [1.807, 2.05) is 37.3 Å². The van der Waals surface area contributed by atoms with Crippen molar-refractivity contribution in [1.82, 2.24) is 9.88 Å². The van der Waals surface area contributed by atoms with Crippen molar-refractivity contribution in [2.24, 2.45) is 0 Å². The minimum atomic E-state index is -0.553. The Morgan fingerprint density at radius 3 is 2.88 bits per heavy atom. The molecule has 2 aromatic carbocycles. The lowest BCUT2D eigenvalue weighted by atomic mass is 9.90. The number of aromatic nitrogens is 1. The number of nitrogens with one attached hydrogen (secondary N) is 1. The first-order valence-electron chi connectivity index (χ1n) is 11.3. The Bertz CT molecular complexity index is 1230. The van der Waals surface area contributed by atoms with Gasteiger partial charge in [0.2, 0.25) is 0 Å². The van der Waals surface area contributed by atoms with E-state index in [1.54, 1.807) is 17.4 Å². The molecule has 0 bridgehead atoms. The number of nitrogens with zero attached hydrogens (tertiary/aromatic N) is 1. The molecule has 1 saturated heterocycles. The number of rotatable bonds is 6. The second-order valence-corrected chi connectivity index (χ2v) is 10.1. The van der Waals surface area contributed by atoms with Gasteiger partial charge in [0.15, 0.2) is 0 Å². The fourth-order valence-corrected chi connectivity index (χ4v) is 6.12. The normalized spacial score (nSPS) is 20.8. The fraction of sp³-hybridized carbons (Fsp3) is 0.385. The number of halogens is 1. The largest absolute Gasteiger partial charge is 0.490 e. The number of fused-ring (bicyclic) bond motifs is 2. The number of β-amino-alcohol motifs (C(OH)–C–C–N with tert-alkyl or cyclic N) is 1. The number of piperidine rings is 1. The van der Waals surface area contributed by atoms with Crippen LogP contribution in [0.25, 0.3) is 21.0 Å². The maximum atomic E-state index is 14.1. The highest BCUT2D eigenvalue weighted by atomic mass is 32.1. The van der Waals surface area contributed by atoms with Crippen LogP contribution in [0.15, 0.2) is 48.5 Å². The van der Waals surface area contributed by atoms with Gasteiger partial charge in [-0.25, -0.2) is 4.39 Å². The van der Waals surface area contributed by atoms with Crippen molar-refractivity contribution in [1.29, 1.82) is 0 Å². The van der Waals surface area contributed by atoms with Gasteiger partial charge in [-0.3, -0.25) is 4.90 Å². The monoisotopic (exact) mass is 452 g/mol. The Kier molecular flexibility index (Phi) is 5.93. The van der Waals surface area contributed by atoms with Crippen molar-refractivity contribution in [3.05, 3.63) is 64.9 Å². The molecule has 1 aliphatic heterocycles. The Morgan fingerprint density at radius 1 is 1.22 bits per heavy atom. The Balaban J connectivity index is 1.18. The average molecular weight is 453 g/mol. The van der Waals surface area contributed by atoms with Crippen LogP contribution in [0.4, 0.5) is 4.39 Å². The summed E-state index contributed by atoms with van der Waals surface area (Å²) in [5.74, 6) is 1.11. The third kappa shape index (κ3) is 4.27. The molecule has 0 aliphatic carbocycles. The molecule has 32 heavy (non-hydrogen) atoms. The molecule has 4 aromatic rings. The van der Waals surface area contributed by atoms with E-state index < -0.39 is 6.10 Å². The van der Waals surface area contributed by atoms with Gasteiger partial charge in [0, 0.05) is 44.1 Å². The molecule has 0 unspecified atom stereocenters. The first kappa shape index (κ1) is 21.4. The summed E-state index contributed by atoms with van der Waals surface area (Å²) in [6.45, 7) is 6.03. The van der Waals surface area contributed by atoms with Crippen LogP contribution >= 0.6 is 11.3 Å². The molecule has 3 atom stereocenters. The Hall–Kier alpha value is -2.41. The summed E-state index contributed by atoms with van der Waals surface area (Å²) < 4.78 is 21.1. The summed E-state index contributed by atoms with van der Waals surface area (Å²) in [6, 6.07) is 15.7. The second kappa shape index (κ2) is 8.85. The SMILES string of the molecule is Cc1cc2c(OC[C@@H](O)CN3CC[C@H](c4cc5c(F)cccc5s4)C[C@@H]3C)cccc2[nH]1. The predicted molar refractivity (Wildman–Crippen MR) is 129 cm³/mol. The van der Waals surface area contributed by atoms with Gasteiger partial charge < -0.3 is 14.8 Å². The average Bonchev–Trinajstić information content (AvgIpc) is 3.37. The van der Waals surface area contributed by atoms with E-state index in [2.05, 4.69) is 22.9 Å². The third-order valence-electron chi connectivity index (χ3n) is 6.58. The maximum absolute atomic E-state index is 14.1. The third-order valence-corrected chi connectivity index (χ3v) is 7.84. The number of aromatic amines is 1. The fourth-order valence-electron chi connectivity index (χ4n) is 4.90. The van der Waals surface area contributed by atoms with Gasteiger partial charge in [-0.1, -0.05) is 12.1 Å². The molecule has 0 saturated carbocycles. The summed E-state index contributed by atoms with van der Waals surface area (Å²) in [5, 5.41) is 12.4. The molecule has 6 heteroatoms. The quantitative estimate of drug-likeness (QED) is 0.386. The number of ether oxygens (including phenoxy) is 1. The van der Waals surface area contributed by atoms with Crippen molar-refractivity contribution >= 4 is 32.3 Å². The van der Waals surface area contributed by atoms with Gasteiger partial charge in [0.05, 0.1) is 0 Å². The van der Waals surface area contributed by atoms with Gasteiger partial charge in [-0.05, 0) is 75.5 Å². The molecular formula is C26H29FN2O2S. The number of H-pyrrole nitrogens is 1. The number of thiophene rings is 1. The van der Waals surface area contributed by atoms with Crippen LogP contribution in [-0.4, -0.2) is 46.8 Å². The molecule has 2 aromatic heterocycles. The van der Waals surface area contributed by atoms with E-state index in [4.69, 9.17) is 4.74 Å². The van der Waals surface area contributed by atoms with Crippen LogP contribution in [0, 0.1) is 12.7 Å². The second-order valence-electron chi connectivity index (χ2n) is 9.00. The van der Waals surface area contributed by atoms with Crippen molar-refractivity contribution in [3.8, 4) is 5.75 Å². The number of benzene rings is 2. The molecule has 0 amide bonds. The summed E-state index contributed by atoms with van der Waals surface area (Å²) in [7, 11) is 0. The Morgan fingerprint density at radius 2 is 2.06 bits per heavy atom. The zero-order valence-corrected chi connectivity index (χ0v) is 19.3. The van der Waals surface area contributed by atoms with Gasteiger partial charge in [-0.15, -0.1) is 11.3 Å². The van der Waals surface area contributed by atoms with Crippen LogP contribution < -0.4 is 4.74 Å². The zero-order chi connectivity index (χ0) is 22.2. The van der Waals surface area contributed by atoms with Crippen LogP contribution in [0.2, 0.25) is 0 Å². The highest BCUT2D eigenvalue weighted by Crippen LogP contribution is 2.39. The maximum Gasteiger partial charge on any atom is 0.131 e. The molecule has 2 N–H and O–H groups in total. The topological polar surface area (TPSA) is 48.5 Å². The van der Waals surface area contributed by atoms with E-state index >= 15 is 0 Å². The first-order chi connectivity index (χ1) is 15.5. The van der Waals surface area contributed by atoms with Crippen molar-refractivity contribution in [2.75, 3.05) is 19.7 Å². The van der Waals surface area contributed by atoms with Crippen LogP contribution in [0.1, 0.15) is 36.3 Å². The van der Waals surface area contributed by atoms with Crippen LogP contribution in [0.5, 0.6) is 5.75 Å². The lowest BCUT2D eigenvalue weighted by Crippen LogP contribution is -2.45. The van der Waals surface area contributed by atoms with Crippen molar-refractivity contribution in [2.45, 2.75) is 44.8 Å². The van der Waals surface area contributed by atoms with E-state index in [0.29, 0.717) is 18.5 Å². The molecule has 0 radical (unpaired) electrons. The van der Waals surface area contributed by atoms with Crippen molar-refractivity contribution in [3.63, 3.8) is 0 Å². The highest BCUT2D eigenvalue weighted by Gasteiger charge is 2.29. The number of hydrogen-bond donors (Lipinski definition) is 2. The molecular weight excluding hydrogens is 423 g/mol. The molecule has 4 nitrogen and oxygen atoms in total. The van der Waals surface area contributed by atoms with Gasteiger partial charge >= 0.3 is 0 Å². The van der Waals surface area contributed by atoms with Gasteiger partial charge in [-0.2, -0.15) is 0 Å². The lowest BCUT2D eigenvalue weighted by Gasteiger charge is -2.38. The molecule has 0 spiro atoms. The molecule has 1 aliphatic rings. The summed E-state index contributed by atoms with van der Waals surface area (Å²) in [6.07, 6.45) is 1.49. The number of aliphatic hydroxyl groups is 1. The molecule has 5 rings (SSSR count). The van der Waals surface area contributed by atoms with Crippen molar-refractivity contribution < 1.29 is 14.2 Å². The smallest absolute Gasteiger partial charge is 0.131 e. The van der Waals surface area contributed by atoms with E-state index in [1.165, 1.54) is 10.9 Å². The zero-order valence-electron chi connectivity index (χ0n) is 18.5. The first-order valence-corrected chi connectivity index (χ1v) is 12.1. The minimum Gasteiger partial charge on any atom is -0.490 e. The highest BCUT2D eigenvalue weighted by molar-refractivity contribution is 7.19. The van der Waals surface area contributed by atoms with Gasteiger partial charge in [0.25, 0.3) is 0 Å². The molecule has 1 fully saturated rings. The summed E-state index contributed by atoms with van der Waals surface area (Å²) >= 11 is 1.71. The molecule has 168 valence electrons. The number of aryl methyl sites for hydroxylation is 1. The van der Waals surface area contributed by atoms with Gasteiger partial charge in [0.1, 0.15) is 24.3 Å².